The van der Waals surface area contributed by atoms with E-state index in [1.807, 2.05) is 30.3 Å². The van der Waals surface area contributed by atoms with Gasteiger partial charge in [0, 0.05) is 0 Å². The second kappa shape index (κ2) is 20.6. The van der Waals surface area contributed by atoms with Gasteiger partial charge in [-0.3, -0.25) is 0 Å². The monoisotopic (exact) mass is 522 g/mol. The van der Waals surface area contributed by atoms with Gasteiger partial charge in [0.25, 0.3) is 0 Å². The van der Waals surface area contributed by atoms with Gasteiger partial charge in [-0.1, -0.05) is 49.7 Å². The summed E-state index contributed by atoms with van der Waals surface area (Å²) >= 11 is 0. The summed E-state index contributed by atoms with van der Waals surface area (Å²) in [5.74, 6) is -0.338. The average molecular weight is 523 g/mol. The van der Waals surface area contributed by atoms with Crippen molar-refractivity contribution < 1.29 is 52.9 Å². The van der Waals surface area contributed by atoms with Gasteiger partial charge in [-0.15, -0.1) is 0 Å². The third kappa shape index (κ3) is 12.0. The molecule has 0 heterocycles. The number of aliphatic hydroxyl groups excluding tert-OH is 2. The number of fused-ring (bicyclic) bond motifs is 2. The van der Waals surface area contributed by atoms with Crippen molar-refractivity contribution in [1.82, 2.24) is 0 Å². The predicted molar refractivity (Wildman–Crippen MR) is 144 cm³/mol. The van der Waals surface area contributed by atoms with Gasteiger partial charge in [-0.2, -0.15) is 6.42 Å². The van der Waals surface area contributed by atoms with Gasteiger partial charge in [0.05, 0.1) is 37.6 Å². The number of carbonyl (C=O) groups excluding carboxylic acids is 2. The van der Waals surface area contributed by atoms with Crippen LogP contribution in [0.4, 0.5) is 4.79 Å². The molecule has 206 valence electrons. The Balaban J connectivity index is 0.000000522. The van der Waals surface area contributed by atoms with Crippen molar-refractivity contribution in [3.8, 4) is 0 Å². The number of hydrogen-bond donors (Lipinski definition) is 2. The molecular formula is C30H43LiO7. The molecule has 0 saturated carbocycles. The smallest absolute Gasteiger partial charge is 0.462 e. The Morgan fingerprint density at radius 2 is 1.34 bits per heavy atom. The summed E-state index contributed by atoms with van der Waals surface area (Å²) in [5, 5.41) is 19.2. The molecular weight excluding hydrogens is 479 g/mol. The molecule has 7 nitrogen and oxygen atoms in total. The Hall–Kier alpha value is -2.30. The zero-order valence-electron chi connectivity index (χ0n) is 23.7. The van der Waals surface area contributed by atoms with Crippen molar-refractivity contribution in [3.63, 3.8) is 0 Å². The van der Waals surface area contributed by atoms with Gasteiger partial charge in [-0.05, 0) is 74.8 Å². The minimum Gasteiger partial charge on any atom is -0.462 e. The van der Waals surface area contributed by atoms with Crippen molar-refractivity contribution in [1.29, 1.82) is 0 Å². The molecule has 4 rings (SSSR count). The molecule has 8 heteroatoms. The van der Waals surface area contributed by atoms with Crippen molar-refractivity contribution >= 4 is 12.1 Å². The first kappa shape index (κ1) is 35.7. The molecule has 0 spiro atoms. The second-order valence-corrected chi connectivity index (χ2v) is 8.38. The summed E-state index contributed by atoms with van der Waals surface area (Å²) < 4.78 is 13.8. The number of rotatable bonds is 5. The summed E-state index contributed by atoms with van der Waals surface area (Å²) in [7, 11) is 0. The van der Waals surface area contributed by atoms with Gasteiger partial charge in [0.2, 0.25) is 0 Å². The van der Waals surface area contributed by atoms with Crippen LogP contribution in [-0.2, 0) is 27.1 Å². The Bertz CT molecular complexity index is 938. The van der Waals surface area contributed by atoms with Gasteiger partial charge < -0.3 is 31.3 Å². The molecule has 0 aromatic heterocycles. The van der Waals surface area contributed by atoms with E-state index in [9.17, 15) is 19.8 Å². The zero-order valence-corrected chi connectivity index (χ0v) is 23.7. The predicted octanol–water partition coefficient (Wildman–Crippen LogP) is 3.31. The van der Waals surface area contributed by atoms with Crippen LogP contribution in [-0.4, -0.2) is 42.2 Å². The van der Waals surface area contributed by atoms with E-state index in [0.29, 0.717) is 31.8 Å². The van der Waals surface area contributed by atoms with Gasteiger partial charge >= 0.3 is 31.0 Å². The fraction of sp³-hybridized carbons (Fsp3) is 0.500. The number of benzene rings is 2. The molecule has 0 amide bonds. The molecule has 0 fully saturated rings. The summed E-state index contributed by atoms with van der Waals surface area (Å²) in [6.45, 7) is 12.1. The van der Waals surface area contributed by atoms with Gasteiger partial charge in [0.1, 0.15) is 0 Å². The van der Waals surface area contributed by atoms with Crippen LogP contribution >= 0.6 is 0 Å². The SMILES string of the molecule is CCOC(=O)OCC.CCOC(=O)c1cccc2c1C(O)CC2.OC1CCc2ccccc21.[CH2-]CCC.[Li+]. The first-order valence-corrected chi connectivity index (χ1v) is 13.2. The Labute approximate surface area is 240 Å². The van der Waals surface area contributed by atoms with Crippen LogP contribution < -0.4 is 18.9 Å². The van der Waals surface area contributed by atoms with Crippen molar-refractivity contribution in [3.05, 3.63) is 77.2 Å². The number of aryl methyl sites for hydroxylation is 2. The van der Waals surface area contributed by atoms with E-state index in [0.717, 1.165) is 42.4 Å². The van der Waals surface area contributed by atoms with E-state index < -0.39 is 12.3 Å². The maximum Gasteiger partial charge on any atom is 1.00 e. The standard InChI is InChI=1S/C12H14O3.C9H10O.C5H10O3.C4H9.Li/c1-2-15-12(14)9-5-3-4-8-6-7-10(13)11(8)9;10-9-6-5-7-3-1-2-4-8(7)9;1-3-7-5(6)8-4-2;1-3-4-2;/h3-5,10,13H,2,6-7H2,1H3;1-4,9-10H,5-6H2;3-4H2,1-2H3;1,3-4H2,2H3;/q;;;-1;+1. The van der Waals surface area contributed by atoms with Crippen LogP contribution in [0, 0.1) is 6.92 Å². The maximum absolute atomic E-state index is 11.6. The molecule has 2 unspecified atom stereocenters. The van der Waals surface area contributed by atoms with Crippen LogP contribution in [0.2, 0.25) is 0 Å². The number of aliphatic hydroxyl groups is 2. The van der Waals surface area contributed by atoms with Crippen molar-refractivity contribution in [2.45, 2.75) is 78.4 Å². The Morgan fingerprint density at radius 1 is 0.816 bits per heavy atom. The van der Waals surface area contributed by atoms with Crippen molar-refractivity contribution in [2.75, 3.05) is 19.8 Å². The number of esters is 1. The molecule has 2 aromatic carbocycles. The minimum atomic E-state index is -0.588. The van der Waals surface area contributed by atoms with E-state index in [2.05, 4.69) is 29.4 Å². The third-order valence-corrected chi connectivity index (χ3v) is 5.69. The number of unbranched alkanes of at least 4 members (excludes halogenated alkanes) is 1. The molecule has 2 atom stereocenters. The summed E-state index contributed by atoms with van der Waals surface area (Å²) in [4.78, 5) is 21.8. The van der Waals surface area contributed by atoms with E-state index >= 15 is 0 Å². The first-order chi connectivity index (χ1) is 17.8. The third-order valence-electron chi connectivity index (χ3n) is 5.69. The van der Waals surface area contributed by atoms with Crippen LogP contribution in [0.1, 0.15) is 98.2 Å². The number of ether oxygens (including phenoxy) is 3. The maximum atomic E-state index is 11.6. The molecule has 0 bridgehead atoms. The van der Waals surface area contributed by atoms with E-state index in [1.165, 1.54) is 12.0 Å². The molecule has 0 saturated heterocycles. The average Bonchev–Trinajstić information content (AvgIpc) is 3.48. The fourth-order valence-corrected chi connectivity index (χ4v) is 3.86. The minimum absolute atomic E-state index is 0. The van der Waals surface area contributed by atoms with Crippen molar-refractivity contribution in [2.24, 2.45) is 0 Å². The van der Waals surface area contributed by atoms with Crippen LogP contribution in [0.5, 0.6) is 0 Å². The molecule has 2 aliphatic carbocycles. The molecule has 38 heavy (non-hydrogen) atoms. The molecule has 2 aromatic rings. The Kier molecular flexibility index (Phi) is 19.4. The summed E-state index contributed by atoms with van der Waals surface area (Å²) in [5.41, 5.74) is 4.78. The normalized spacial score (nSPS) is 15.9. The number of carbonyl (C=O) groups is 2. The topological polar surface area (TPSA) is 102 Å². The largest absolute Gasteiger partial charge is 1.00 e. The summed E-state index contributed by atoms with van der Waals surface area (Å²) in [6, 6.07) is 13.6. The Morgan fingerprint density at radius 3 is 1.89 bits per heavy atom. The van der Waals surface area contributed by atoms with Crippen LogP contribution in [0.3, 0.4) is 0 Å². The quantitative estimate of drug-likeness (QED) is 0.353. The molecule has 2 N–H and O–H groups in total. The van der Waals surface area contributed by atoms with E-state index in [4.69, 9.17) is 4.74 Å². The first-order valence-electron chi connectivity index (χ1n) is 13.2. The van der Waals surface area contributed by atoms with Gasteiger partial charge in [0.15, 0.2) is 0 Å². The van der Waals surface area contributed by atoms with Gasteiger partial charge in [-0.25, -0.2) is 9.59 Å². The molecule has 0 radical (unpaired) electrons. The zero-order chi connectivity index (χ0) is 27.6. The van der Waals surface area contributed by atoms with Crippen LogP contribution in [0.15, 0.2) is 42.5 Å². The number of hydrogen-bond acceptors (Lipinski definition) is 7. The van der Waals surface area contributed by atoms with Crippen LogP contribution in [0.25, 0.3) is 0 Å². The molecule has 2 aliphatic rings. The molecule has 0 aliphatic heterocycles. The second-order valence-electron chi connectivity index (χ2n) is 8.38. The summed E-state index contributed by atoms with van der Waals surface area (Å²) in [6.07, 6.45) is 4.46. The fourth-order valence-electron chi connectivity index (χ4n) is 3.86. The van der Waals surface area contributed by atoms with E-state index in [1.54, 1.807) is 26.8 Å². The van der Waals surface area contributed by atoms with E-state index in [-0.39, 0.29) is 30.9 Å².